The number of nitrogens with zero attached hydrogens (tertiary/aromatic N) is 1. The smallest absolute Gasteiger partial charge is 0.230 e. The molecule has 0 bridgehead atoms. The second-order valence-corrected chi connectivity index (χ2v) is 7.67. The Morgan fingerprint density at radius 1 is 1.33 bits per heavy atom. The summed E-state index contributed by atoms with van der Waals surface area (Å²) in [6, 6.07) is 6.18. The molecule has 1 aliphatic heterocycles. The molecular formula is C19H23NO3S. The summed E-state index contributed by atoms with van der Waals surface area (Å²) in [4.78, 5) is 16.7. The summed E-state index contributed by atoms with van der Waals surface area (Å²) in [5.74, 6) is 2.04. The molecule has 1 aliphatic carbocycles. The standard InChI is InChI=1S/C19H23NO3S/c1-22-12-13-7-8-17(23-13)16-5-3-10-20(16)19(21)15-4-2-6-18-14(15)9-11-24-18/h7-9,11,15-16H,2-6,10,12H2,1H3/t15-,16+/m1/s1. The monoisotopic (exact) mass is 345 g/mol. The van der Waals surface area contributed by atoms with Gasteiger partial charge in [-0.1, -0.05) is 0 Å². The summed E-state index contributed by atoms with van der Waals surface area (Å²) in [6.45, 7) is 1.31. The van der Waals surface area contributed by atoms with Crippen LogP contribution in [-0.2, 0) is 22.6 Å². The van der Waals surface area contributed by atoms with Crippen LogP contribution in [0.2, 0.25) is 0 Å². The number of aryl methyl sites for hydroxylation is 1. The van der Waals surface area contributed by atoms with E-state index in [9.17, 15) is 4.79 Å². The maximum atomic E-state index is 13.2. The quantitative estimate of drug-likeness (QED) is 0.831. The van der Waals surface area contributed by atoms with E-state index in [1.807, 2.05) is 17.0 Å². The van der Waals surface area contributed by atoms with Gasteiger partial charge in [0, 0.05) is 18.5 Å². The van der Waals surface area contributed by atoms with Gasteiger partial charge < -0.3 is 14.1 Å². The first-order valence-corrected chi connectivity index (χ1v) is 9.60. The van der Waals surface area contributed by atoms with Crippen molar-refractivity contribution in [1.29, 1.82) is 0 Å². The Morgan fingerprint density at radius 3 is 3.12 bits per heavy atom. The molecule has 1 saturated heterocycles. The first-order chi connectivity index (χ1) is 11.8. The van der Waals surface area contributed by atoms with E-state index >= 15 is 0 Å². The second kappa shape index (κ2) is 6.73. The first kappa shape index (κ1) is 15.9. The number of furan rings is 1. The highest BCUT2D eigenvalue weighted by atomic mass is 32.1. The van der Waals surface area contributed by atoms with Crippen molar-refractivity contribution < 1.29 is 13.9 Å². The van der Waals surface area contributed by atoms with Crippen molar-refractivity contribution in [2.45, 2.75) is 50.7 Å². The number of amides is 1. The molecule has 1 fully saturated rings. The molecule has 3 heterocycles. The topological polar surface area (TPSA) is 42.7 Å². The van der Waals surface area contributed by atoms with E-state index in [-0.39, 0.29) is 17.9 Å². The predicted octanol–water partition coefficient (Wildman–Crippen LogP) is 4.27. The number of likely N-dealkylation sites (tertiary alicyclic amines) is 1. The van der Waals surface area contributed by atoms with Crippen molar-refractivity contribution in [1.82, 2.24) is 4.90 Å². The molecular weight excluding hydrogens is 322 g/mol. The summed E-state index contributed by atoms with van der Waals surface area (Å²) in [5, 5.41) is 2.13. The first-order valence-electron chi connectivity index (χ1n) is 8.72. The van der Waals surface area contributed by atoms with Crippen LogP contribution in [0.5, 0.6) is 0 Å². The van der Waals surface area contributed by atoms with E-state index in [1.165, 1.54) is 10.4 Å². The van der Waals surface area contributed by atoms with Crippen LogP contribution < -0.4 is 0 Å². The molecule has 128 valence electrons. The highest BCUT2D eigenvalue weighted by Gasteiger charge is 2.37. The zero-order chi connectivity index (χ0) is 16.5. The van der Waals surface area contributed by atoms with E-state index in [0.717, 1.165) is 50.2 Å². The molecule has 5 heteroatoms. The summed E-state index contributed by atoms with van der Waals surface area (Å²) in [6.07, 6.45) is 5.23. The number of methoxy groups -OCH3 is 1. The lowest BCUT2D eigenvalue weighted by atomic mass is 9.86. The van der Waals surface area contributed by atoms with E-state index in [0.29, 0.717) is 6.61 Å². The fraction of sp³-hybridized carbons (Fsp3) is 0.526. The zero-order valence-corrected chi connectivity index (χ0v) is 14.8. The van der Waals surface area contributed by atoms with Gasteiger partial charge in [-0.3, -0.25) is 4.79 Å². The van der Waals surface area contributed by atoms with Gasteiger partial charge in [0.15, 0.2) is 0 Å². The van der Waals surface area contributed by atoms with Gasteiger partial charge in [0.1, 0.15) is 18.1 Å². The zero-order valence-electron chi connectivity index (χ0n) is 14.0. The molecule has 0 spiro atoms. The Hall–Kier alpha value is -1.59. The molecule has 0 unspecified atom stereocenters. The van der Waals surface area contributed by atoms with Crippen LogP contribution in [0.15, 0.2) is 28.0 Å². The van der Waals surface area contributed by atoms with Gasteiger partial charge in [-0.25, -0.2) is 0 Å². The number of carbonyl (C=O) groups excluding carboxylic acids is 1. The number of hydrogen-bond donors (Lipinski definition) is 0. The molecule has 24 heavy (non-hydrogen) atoms. The maximum absolute atomic E-state index is 13.2. The van der Waals surface area contributed by atoms with E-state index in [1.54, 1.807) is 18.4 Å². The normalized spacial score (nSPS) is 23.5. The third-order valence-corrected chi connectivity index (χ3v) is 6.18. The van der Waals surface area contributed by atoms with Crippen LogP contribution in [-0.4, -0.2) is 24.5 Å². The fourth-order valence-electron chi connectivity index (χ4n) is 4.06. The van der Waals surface area contributed by atoms with Crippen molar-refractivity contribution in [2.24, 2.45) is 0 Å². The third-order valence-electron chi connectivity index (χ3n) is 5.18. The van der Waals surface area contributed by atoms with Gasteiger partial charge in [-0.05, 0) is 61.2 Å². The number of fused-ring (bicyclic) bond motifs is 1. The molecule has 4 nitrogen and oxygen atoms in total. The van der Waals surface area contributed by atoms with Gasteiger partial charge in [0.2, 0.25) is 5.91 Å². The number of ether oxygens (including phenoxy) is 1. The molecule has 0 saturated carbocycles. The number of thiophene rings is 1. The Bertz CT molecular complexity index is 720. The molecule has 4 rings (SSSR count). The summed E-state index contributed by atoms with van der Waals surface area (Å²) < 4.78 is 11.0. The van der Waals surface area contributed by atoms with Crippen molar-refractivity contribution in [2.75, 3.05) is 13.7 Å². The number of hydrogen-bond acceptors (Lipinski definition) is 4. The third kappa shape index (κ3) is 2.80. The highest BCUT2D eigenvalue weighted by molar-refractivity contribution is 7.10. The predicted molar refractivity (Wildman–Crippen MR) is 93.1 cm³/mol. The van der Waals surface area contributed by atoms with E-state index in [2.05, 4.69) is 11.4 Å². The van der Waals surface area contributed by atoms with Crippen LogP contribution >= 0.6 is 11.3 Å². The largest absolute Gasteiger partial charge is 0.461 e. The second-order valence-electron chi connectivity index (χ2n) is 6.67. The SMILES string of the molecule is COCc1ccc([C@@H]2CCCN2C(=O)[C@@H]2CCCc3sccc32)o1. The molecule has 2 aromatic rings. The van der Waals surface area contributed by atoms with Crippen LogP contribution in [0.25, 0.3) is 0 Å². The Kier molecular flexibility index (Phi) is 4.46. The van der Waals surface area contributed by atoms with Gasteiger partial charge in [-0.15, -0.1) is 11.3 Å². The molecule has 2 atom stereocenters. The van der Waals surface area contributed by atoms with Crippen molar-refractivity contribution in [3.05, 3.63) is 45.5 Å². The lowest BCUT2D eigenvalue weighted by molar-refractivity contribution is -0.134. The average molecular weight is 345 g/mol. The van der Waals surface area contributed by atoms with Crippen LogP contribution in [0.1, 0.15) is 59.6 Å². The lowest BCUT2D eigenvalue weighted by Crippen LogP contribution is -2.35. The molecule has 1 amide bonds. The summed E-state index contributed by atoms with van der Waals surface area (Å²) in [5.41, 5.74) is 1.27. The van der Waals surface area contributed by atoms with Gasteiger partial charge in [0.25, 0.3) is 0 Å². The maximum Gasteiger partial charge on any atom is 0.230 e. The molecule has 0 N–H and O–H groups in total. The van der Waals surface area contributed by atoms with E-state index < -0.39 is 0 Å². The Labute approximate surface area is 146 Å². The fourth-order valence-corrected chi connectivity index (χ4v) is 5.05. The average Bonchev–Trinajstić information content (AvgIpc) is 3.33. The van der Waals surface area contributed by atoms with Gasteiger partial charge >= 0.3 is 0 Å². The van der Waals surface area contributed by atoms with Gasteiger partial charge in [0.05, 0.1) is 12.0 Å². The van der Waals surface area contributed by atoms with Crippen LogP contribution in [0.3, 0.4) is 0 Å². The molecule has 0 aromatic carbocycles. The minimum atomic E-state index is 0.0361. The lowest BCUT2D eigenvalue weighted by Gasteiger charge is -2.30. The Balaban J connectivity index is 1.55. The Morgan fingerprint density at radius 2 is 2.25 bits per heavy atom. The van der Waals surface area contributed by atoms with Crippen molar-refractivity contribution >= 4 is 17.2 Å². The molecule has 2 aliphatic rings. The van der Waals surface area contributed by atoms with E-state index in [4.69, 9.17) is 9.15 Å². The van der Waals surface area contributed by atoms with Crippen LogP contribution in [0.4, 0.5) is 0 Å². The van der Waals surface area contributed by atoms with Gasteiger partial charge in [-0.2, -0.15) is 0 Å². The summed E-state index contributed by atoms with van der Waals surface area (Å²) >= 11 is 1.79. The molecule has 0 radical (unpaired) electrons. The number of rotatable bonds is 4. The van der Waals surface area contributed by atoms with Crippen molar-refractivity contribution in [3.8, 4) is 0 Å². The number of carbonyl (C=O) groups is 1. The summed E-state index contributed by atoms with van der Waals surface area (Å²) in [7, 11) is 1.66. The molecule has 2 aromatic heterocycles. The minimum Gasteiger partial charge on any atom is -0.461 e. The minimum absolute atomic E-state index is 0.0361. The van der Waals surface area contributed by atoms with Crippen LogP contribution in [0, 0.1) is 0 Å². The highest BCUT2D eigenvalue weighted by Crippen LogP contribution is 2.40. The van der Waals surface area contributed by atoms with Crippen molar-refractivity contribution in [3.63, 3.8) is 0 Å².